The van der Waals surface area contributed by atoms with Gasteiger partial charge in [0, 0.05) is 38.5 Å². The van der Waals surface area contributed by atoms with Gasteiger partial charge in [0.25, 0.3) is 5.91 Å². The van der Waals surface area contributed by atoms with E-state index in [2.05, 4.69) is 24.9 Å². The molecule has 7 heteroatoms. The van der Waals surface area contributed by atoms with Crippen LogP contribution in [-0.4, -0.2) is 52.8 Å². The van der Waals surface area contributed by atoms with Gasteiger partial charge in [-0.05, 0) is 17.5 Å². The van der Waals surface area contributed by atoms with Crippen molar-refractivity contribution in [3.8, 4) is 5.75 Å². The standard InChI is InChI=1S/C20H25N3O3S/c1-14(2)16-6-4-5-7-18(16)26-12-19-21-17(13-27-19)20(25)23-10-8-22(9-11-23)15(3)24/h4-7,13-14H,8-12H2,1-3H3. The van der Waals surface area contributed by atoms with Crippen LogP contribution in [0.2, 0.25) is 0 Å². The molecule has 0 atom stereocenters. The Morgan fingerprint density at radius 2 is 1.81 bits per heavy atom. The summed E-state index contributed by atoms with van der Waals surface area (Å²) in [5.74, 6) is 1.21. The first-order valence-electron chi connectivity index (χ1n) is 9.16. The second kappa shape index (κ2) is 8.52. The zero-order valence-electron chi connectivity index (χ0n) is 16.0. The van der Waals surface area contributed by atoms with Gasteiger partial charge in [-0.2, -0.15) is 0 Å². The number of rotatable bonds is 5. The topological polar surface area (TPSA) is 62.7 Å². The van der Waals surface area contributed by atoms with E-state index in [1.54, 1.807) is 22.1 Å². The molecule has 0 aliphatic carbocycles. The molecule has 0 unspecified atom stereocenters. The van der Waals surface area contributed by atoms with Gasteiger partial charge >= 0.3 is 0 Å². The van der Waals surface area contributed by atoms with Crippen LogP contribution in [0.1, 0.15) is 47.7 Å². The number of carbonyl (C=O) groups is 2. The normalized spacial score (nSPS) is 14.5. The maximum Gasteiger partial charge on any atom is 0.273 e. The summed E-state index contributed by atoms with van der Waals surface area (Å²) in [5, 5.41) is 2.56. The van der Waals surface area contributed by atoms with Crippen molar-refractivity contribution in [3.05, 3.63) is 45.9 Å². The molecule has 6 nitrogen and oxygen atoms in total. The fourth-order valence-corrected chi connectivity index (χ4v) is 3.77. The predicted octanol–water partition coefficient (Wildman–Crippen LogP) is 3.15. The average molecular weight is 388 g/mol. The summed E-state index contributed by atoms with van der Waals surface area (Å²) >= 11 is 1.43. The van der Waals surface area contributed by atoms with Gasteiger partial charge in [0.05, 0.1) is 0 Å². The molecule has 1 aromatic heterocycles. The van der Waals surface area contributed by atoms with Crippen LogP contribution in [0.5, 0.6) is 5.75 Å². The van der Waals surface area contributed by atoms with Crippen molar-refractivity contribution in [1.29, 1.82) is 0 Å². The number of hydrogen-bond donors (Lipinski definition) is 0. The number of amides is 2. The van der Waals surface area contributed by atoms with Crippen LogP contribution in [0.15, 0.2) is 29.6 Å². The van der Waals surface area contributed by atoms with Crippen molar-refractivity contribution in [2.75, 3.05) is 26.2 Å². The first kappa shape index (κ1) is 19.4. The van der Waals surface area contributed by atoms with E-state index in [9.17, 15) is 9.59 Å². The summed E-state index contributed by atoms with van der Waals surface area (Å²) in [7, 11) is 0. The van der Waals surface area contributed by atoms with Crippen LogP contribution in [0.25, 0.3) is 0 Å². The number of para-hydroxylation sites is 1. The molecule has 1 aliphatic heterocycles. The summed E-state index contributed by atoms with van der Waals surface area (Å²) in [6.45, 7) is 8.41. The number of benzene rings is 1. The van der Waals surface area contributed by atoms with Gasteiger partial charge in [0.15, 0.2) is 0 Å². The van der Waals surface area contributed by atoms with E-state index >= 15 is 0 Å². The molecule has 1 saturated heterocycles. The lowest BCUT2D eigenvalue weighted by Crippen LogP contribution is -2.50. The molecular weight excluding hydrogens is 362 g/mol. The SMILES string of the molecule is CC(=O)N1CCN(C(=O)c2csc(COc3ccccc3C(C)C)n2)CC1. The number of piperazine rings is 1. The molecule has 0 spiro atoms. The summed E-state index contributed by atoms with van der Waals surface area (Å²) < 4.78 is 5.94. The monoisotopic (exact) mass is 387 g/mol. The summed E-state index contributed by atoms with van der Waals surface area (Å²) in [4.78, 5) is 32.0. The molecule has 144 valence electrons. The Kier molecular flexibility index (Phi) is 6.11. The van der Waals surface area contributed by atoms with Crippen LogP contribution < -0.4 is 4.74 Å². The third kappa shape index (κ3) is 4.66. The molecule has 2 amide bonds. The average Bonchev–Trinajstić information content (AvgIpc) is 3.15. The Morgan fingerprint density at radius 3 is 2.48 bits per heavy atom. The van der Waals surface area contributed by atoms with Crippen LogP contribution >= 0.6 is 11.3 Å². The highest BCUT2D eigenvalue weighted by molar-refractivity contribution is 7.09. The van der Waals surface area contributed by atoms with E-state index in [-0.39, 0.29) is 11.8 Å². The number of nitrogens with zero attached hydrogens (tertiary/aromatic N) is 3. The first-order valence-corrected chi connectivity index (χ1v) is 10.0. The van der Waals surface area contributed by atoms with Crippen molar-refractivity contribution in [3.63, 3.8) is 0 Å². The molecule has 0 bridgehead atoms. The van der Waals surface area contributed by atoms with Crippen LogP contribution in [0.3, 0.4) is 0 Å². The lowest BCUT2D eigenvalue weighted by Gasteiger charge is -2.33. The number of aromatic nitrogens is 1. The molecule has 2 aromatic rings. The highest BCUT2D eigenvalue weighted by Crippen LogP contribution is 2.27. The van der Waals surface area contributed by atoms with Crippen LogP contribution in [-0.2, 0) is 11.4 Å². The molecule has 0 radical (unpaired) electrons. The Hall–Kier alpha value is -2.41. The van der Waals surface area contributed by atoms with E-state index in [0.717, 1.165) is 16.3 Å². The summed E-state index contributed by atoms with van der Waals surface area (Å²) in [6.07, 6.45) is 0. The molecule has 0 N–H and O–H groups in total. The minimum absolute atomic E-state index is 0.0527. The van der Waals surface area contributed by atoms with Crippen LogP contribution in [0.4, 0.5) is 0 Å². The number of hydrogen-bond acceptors (Lipinski definition) is 5. The third-order valence-electron chi connectivity index (χ3n) is 4.68. The van der Waals surface area contributed by atoms with Crippen LogP contribution in [0, 0.1) is 0 Å². The van der Waals surface area contributed by atoms with Gasteiger partial charge in [-0.3, -0.25) is 9.59 Å². The van der Waals surface area contributed by atoms with Crippen molar-refractivity contribution < 1.29 is 14.3 Å². The highest BCUT2D eigenvalue weighted by Gasteiger charge is 2.24. The zero-order chi connectivity index (χ0) is 19.4. The van der Waals surface area contributed by atoms with Crippen molar-refractivity contribution in [2.24, 2.45) is 0 Å². The van der Waals surface area contributed by atoms with E-state index in [1.807, 2.05) is 18.2 Å². The van der Waals surface area contributed by atoms with E-state index in [4.69, 9.17) is 4.74 Å². The smallest absolute Gasteiger partial charge is 0.273 e. The molecule has 0 saturated carbocycles. The van der Waals surface area contributed by atoms with Gasteiger partial charge in [0.1, 0.15) is 23.1 Å². The minimum atomic E-state index is -0.0803. The maximum atomic E-state index is 12.6. The van der Waals surface area contributed by atoms with Crippen molar-refractivity contribution >= 4 is 23.2 Å². The first-order chi connectivity index (χ1) is 13.0. The number of carbonyl (C=O) groups excluding carboxylic acids is 2. The lowest BCUT2D eigenvalue weighted by atomic mass is 10.0. The number of thiazole rings is 1. The van der Waals surface area contributed by atoms with Gasteiger partial charge in [-0.25, -0.2) is 4.98 Å². The Morgan fingerprint density at radius 1 is 1.15 bits per heavy atom. The predicted molar refractivity (Wildman–Crippen MR) is 105 cm³/mol. The van der Waals surface area contributed by atoms with Crippen molar-refractivity contribution in [1.82, 2.24) is 14.8 Å². The molecule has 2 heterocycles. The minimum Gasteiger partial charge on any atom is -0.486 e. The van der Waals surface area contributed by atoms with Gasteiger partial charge in [0.2, 0.25) is 5.91 Å². The second-order valence-corrected chi connectivity index (χ2v) is 7.85. The highest BCUT2D eigenvalue weighted by atomic mass is 32.1. The largest absolute Gasteiger partial charge is 0.486 e. The van der Waals surface area contributed by atoms with E-state index in [1.165, 1.54) is 11.3 Å². The quantitative estimate of drug-likeness (QED) is 0.791. The maximum absolute atomic E-state index is 12.6. The Bertz CT molecular complexity index is 810. The fraction of sp³-hybridized carbons (Fsp3) is 0.450. The van der Waals surface area contributed by atoms with Gasteiger partial charge in [-0.1, -0.05) is 32.0 Å². The van der Waals surface area contributed by atoms with Gasteiger partial charge < -0.3 is 14.5 Å². The molecule has 1 aliphatic rings. The Labute approximate surface area is 163 Å². The lowest BCUT2D eigenvalue weighted by molar-refractivity contribution is -0.130. The zero-order valence-corrected chi connectivity index (χ0v) is 16.8. The number of ether oxygens (including phenoxy) is 1. The Balaban J connectivity index is 1.59. The third-order valence-corrected chi connectivity index (χ3v) is 5.50. The van der Waals surface area contributed by atoms with Gasteiger partial charge in [-0.15, -0.1) is 11.3 Å². The molecule has 1 aromatic carbocycles. The molecule has 27 heavy (non-hydrogen) atoms. The van der Waals surface area contributed by atoms with E-state index in [0.29, 0.717) is 44.4 Å². The summed E-state index contributed by atoms with van der Waals surface area (Å²) in [6, 6.07) is 7.99. The van der Waals surface area contributed by atoms with Crippen molar-refractivity contribution in [2.45, 2.75) is 33.3 Å². The van der Waals surface area contributed by atoms with E-state index < -0.39 is 0 Å². The second-order valence-electron chi connectivity index (χ2n) is 6.91. The molecule has 3 rings (SSSR count). The summed E-state index contributed by atoms with van der Waals surface area (Å²) in [5.41, 5.74) is 1.61. The molecular formula is C20H25N3O3S. The molecule has 1 fully saturated rings. The fourth-order valence-electron chi connectivity index (χ4n) is 3.09.